The van der Waals surface area contributed by atoms with Gasteiger partial charge >= 0.3 is 0 Å². The second-order valence-electron chi connectivity index (χ2n) is 8.31. The molecule has 0 spiro atoms. The quantitative estimate of drug-likeness (QED) is 0.456. The summed E-state index contributed by atoms with van der Waals surface area (Å²) in [6, 6.07) is 20.0. The molecule has 1 aliphatic rings. The summed E-state index contributed by atoms with van der Waals surface area (Å²) in [5.41, 5.74) is 3.63. The average Bonchev–Trinajstić information content (AvgIpc) is 3.33. The molecule has 7 nitrogen and oxygen atoms in total. The highest BCUT2D eigenvalue weighted by Gasteiger charge is 2.42. The first-order valence-corrected chi connectivity index (χ1v) is 11.0. The molecule has 0 unspecified atom stereocenters. The van der Waals surface area contributed by atoms with Gasteiger partial charge in [-0.25, -0.2) is 0 Å². The Kier molecular flexibility index (Phi) is 5.45. The number of carbonyl (C=O) groups is 2. The van der Waals surface area contributed by atoms with Gasteiger partial charge in [-0.15, -0.1) is 0 Å². The number of aromatic amines is 1. The van der Waals surface area contributed by atoms with Crippen LogP contribution in [0.15, 0.2) is 72.9 Å². The molecular formula is C27H25N3O4. The Bertz CT molecular complexity index is 1390. The second-order valence-corrected chi connectivity index (χ2v) is 8.31. The van der Waals surface area contributed by atoms with Gasteiger partial charge in [0.2, 0.25) is 5.91 Å². The summed E-state index contributed by atoms with van der Waals surface area (Å²) in [6.07, 6.45) is 1.86. The predicted octanol–water partition coefficient (Wildman–Crippen LogP) is 4.73. The normalized spacial score (nSPS) is 17.4. The molecule has 2 N–H and O–H groups in total. The second kappa shape index (κ2) is 8.59. The standard InChI is InChI=1S/C27H25N3O4/c1-30-25(17-9-11-22(33-2)23(14-17)34-3)24(19-6-4-5-7-20(19)27(30)32)26(31)29-18-10-8-16-12-13-28-21(16)15-18/h4-15,24-25,28H,1-3H3,(H,29,31)/t24-,25+/m1/s1. The number of rotatable bonds is 5. The minimum Gasteiger partial charge on any atom is -0.493 e. The van der Waals surface area contributed by atoms with Gasteiger partial charge in [0.1, 0.15) is 0 Å². The third-order valence-corrected chi connectivity index (χ3v) is 6.43. The van der Waals surface area contributed by atoms with E-state index in [2.05, 4.69) is 10.3 Å². The summed E-state index contributed by atoms with van der Waals surface area (Å²) in [4.78, 5) is 31.9. The number of aromatic nitrogens is 1. The highest BCUT2D eigenvalue weighted by Crippen LogP contribution is 2.44. The molecular weight excluding hydrogens is 430 g/mol. The summed E-state index contributed by atoms with van der Waals surface area (Å²) < 4.78 is 10.9. The van der Waals surface area contributed by atoms with Gasteiger partial charge in [-0.2, -0.15) is 0 Å². The molecule has 0 bridgehead atoms. The first-order chi connectivity index (χ1) is 16.5. The fourth-order valence-electron chi connectivity index (χ4n) is 4.76. The Morgan fingerprint density at radius 1 is 0.971 bits per heavy atom. The summed E-state index contributed by atoms with van der Waals surface area (Å²) in [5, 5.41) is 4.13. The van der Waals surface area contributed by atoms with Gasteiger partial charge < -0.3 is 24.7 Å². The molecule has 1 aromatic heterocycles. The van der Waals surface area contributed by atoms with Gasteiger partial charge in [-0.05, 0) is 52.9 Å². The summed E-state index contributed by atoms with van der Waals surface area (Å²) in [7, 11) is 4.86. The van der Waals surface area contributed by atoms with Crippen molar-refractivity contribution in [2.75, 3.05) is 26.6 Å². The van der Waals surface area contributed by atoms with Crippen LogP contribution in [-0.4, -0.2) is 43.0 Å². The fourth-order valence-corrected chi connectivity index (χ4v) is 4.76. The van der Waals surface area contributed by atoms with Crippen LogP contribution in [0.4, 0.5) is 5.69 Å². The van der Waals surface area contributed by atoms with Crippen molar-refractivity contribution in [3.8, 4) is 11.5 Å². The van der Waals surface area contributed by atoms with E-state index in [4.69, 9.17) is 9.47 Å². The van der Waals surface area contributed by atoms with E-state index in [0.29, 0.717) is 28.3 Å². The number of hydrogen-bond donors (Lipinski definition) is 2. The maximum absolute atomic E-state index is 13.8. The topological polar surface area (TPSA) is 83.7 Å². The zero-order valence-corrected chi connectivity index (χ0v) is 19.2. The number of hydrogen-bond acceptors (Lipinski definition) is 4. The Morgan fingerprint density at radius 3 is 2.56 bits per heavy atom. The molecule has 0 fully saturated rings. The molecule has 0 saturated carbocycles. The Labute approximate surface area is 197 Å². The van der Waals surface area contributed by atoms with E-state index >= 15 is 0 Å². The molecule has 34 heavy (non-hydrogen) atoms. The van der Waals surface area contributed by atoms with Crippen molar-refractivity contribution in [1.82, 2.24) is 9.88 Å². The van der Waals surface area contributed by atoms with Crippen LogP contribution >= 0.6 is 0 Å². The van der Waals surface area contributed by atoms with E-state index in [1.54, 1.807) is 38.3 Å². The first kappa shape index (κ1) is 21.6. The van der Waals surface area contributed by atoms with E-state index in [9.17, 15) is 9.59 Å². The summed E-state index contributed by atoms with van der Waals surface area (Å²) >= 11 is 0. The van der Waals surface area contributed by atoms with Crippen LogP contribution in [0.3, 0.4) is 0 Å². The van der Waals surface area contributed by atoms with Gasteiger partial charge in [0.05, 0.1) is 26.2 Å². The number of methoxy groups -OCH3 is 2. The van der Waals surface area contributed by atoms with Crippen molar-refractivity contribution in [2.45, 2.75) is 12.0 Å². The summed E-state index contributed by atoms with van der Waals surface area (Å²) in [5.74, 6) is 0.161. The molecule has 7 heteroatoms. The number of amides is 2. The van der Waals surface area contributed by atoms with Crippen LogP contribution in [0, 0.1) is 0 Å². The maximum atomic E-state index is 13.8. The van der Waals surface area contributed by atoms with Gasteiger partial charge in [0.25, 0.3) is 5.91 Å². The van der Waals surface area contributed by atoms with Crippen molar-refractivity contribution >= 4 is 28.4 Å². The van der Waals surface area contributed by atoms with Gasteiger partial charge in [0.15, 0.2) is 11.5 Å². The molecule has 172 valence electrons. The average molecular weight is 456 g/mol. The highest BCUT2D eigenvalue weighted by atomic mass is 16.5. The maximum Gasteiger partial charge on any atom is 0.254 e. The molecule has 0 radical (unpaired) electrons. The smallest absolute Gasteiger partial charge is 0.254 e. The van der Waals surface area contributed by atoms with Gasteiger partial charge in [-0.1, -0.05) is 30.3 Å². The third-order valence-electron chi connectivity index (χ3n) is 6.43. The fraction of sp³-hybridized carbons (Fsp3) is 0.185. The number of ether oxygens (including phenoxy) is 2. The van der Waals surface area contributed by atoms with Crippen LogP contribution in [0.25, 0.3) is 10.9 Å². The minimum atomic E-state index is -0.628. The van der Waals surface area contributed by atoms with Crippen LogP contribution in [0.2, 0.25) is 0 Å². The molecule has 2 amide bonds. The number of carbonyl (C=O) groups excluding carboxylic acids is 2. The molecule has 4 aromatic rings. The van der Waals surface area contributed by atoms with E-state index < -0.39 is 12.0 Å². The van der Waals surface area contributed by atoms with Crippen LogP contribution < -0.4 is 14.8 Å². The zero-order chi connectivity index (χ0) is 23.8. The molecule has 0 aliphatic carbocycles. The number of fused-ring (bicyclic) bond motifs is 2. The highest BCUT2D eigenvalue weighted by molar-refractivity contribution is 6.04. The SMILES string of the molecule is COc1ccc([C@H]2[C@H](C(=O)Nc3ccc4cc[nH]c4c3)c3ccccc3C(=O)N2C)cc1OC. The van der Waals surface area contributed by atoms with Crippen molar-refractivity contribution in [1.29, 1.82) is 0 Å². The van der Waals surface area contributed by atoms with E-state index in [-0.39, 0.29) is 11.8 Å². The van der Waals surface area contributed by atoms with Crippen molar-refractivity contribution in [3.63, 3.8) is 0 Å². The number of nitrogens with one attached hydrogen (secondary N) is 2. The first-order valence-electron chi connectivity index (χ1n) is 11.0. The van der Waals surface area contributed by atoms with E-state index in [0.717, 1.165) is 16.5 Å². The molecule has 5 rings (SSSR count). The minimum absolute atomic E-state index is 0.132. The zero-order valence-electron chi connectivity index (χ0n) is 19.2. The van der Waals surface area contributed by atoms with Crippen LogP contribution in [0.1, 0.15) is 33.4 Å². The number of H-pyrrole nitrogens is 1. The number of nitrogens with zero attached hydrogens (tertiary/aromatic N) is 1. The largest absolute Gasteiger partial charge is 0.493 e. The molecule has 0 saturated heterocycles. The van der Waals surface area contributed by atoms with Crippen LogP contribution in [-0.2, 0) is 4.79 Å². The van der Waals surface area contributed by atoms with Crippen molar-refractivity contribution < 1.29 is 19.1 Å². The Morgan fingerprint density at radius 2 is 1.76 bits per heavy atom. The van der Waals surface area contributed by atoms with E-state index in [1.807, 2.05) is 60.8 Å². The van der Waals surface area contributed by atoms with Gasteiger partial charge in [-0.3, -0.25) is 9.59 Å². The number of likely N-dealkylation sites (N-methyl/N-ethyl adjacent to an activating group) is 1. The third kappa shape index (κ3) is 3.55. The lowest BCUT2D eigenvalue weighted by molar-refractivity contribution is -0.119. The molecule has 3 aromatic carbocycles. The van der Waals surface area contributed by atoms with E-state index in [1.165, 1.54) is 0 Å². The Balaban J connectivity index is 1.60. The van der Waals surface area contributed by atoms with Crippen molar-refractivity contribution in [3.05, 3.63) is 89.6 Å². The molecule has 2 atom stereocenters. The molecule has 2 heterocycles. The number of benzene rings is 3. The molecule has 1 aliphatic heterocycles. The number of anilines is 1. The lowest BCUT2D eigenvalue weighted by Gasteiger charge is -2.40. The summed E-state index contributed by atoms with van der Waals surface area (Å²) in [6.45, 7) is 0. The lowest BCUT2D eigenvalue weighted by atomic mass is 9.79. The Hall–Kier alpha value is -4.26. The van der Waals surface area contributed by atoms with Crippen LogP contribution in [0.5, 0.6) is 11.5 Å². The van der Waals surface area contributed by atoms with Crippen molar-refractivity contribution in [2.24, 2.45) is 0 Å². The monoisotopic (exact) mass is 455 g/mol. The predicted molar refractivity (Wildman–Crippen MR) is 130 cm³/mol. The van der Waals surface area contributed by atoms with Gasteiger partial charge in [0, 0.05) is 30.0 Å². The lowest BCUT2D eigenvalue weighted by Crippen LogP contribution is -2.44.